The number of benzene rings is 2. The molecule has 0 aliphatic carbocycles. The molecule has 0 radical (unpaired) electrons. The van der Waals surface area contributed by atoms with Crippen LogP contribution in [0.3, 0.4) is 0 Å². The quantitative estimate of drug-likeness (QED) is 0.613. The lowest BCUT2D eigenvalue weighted by Gasteiger charge is -2.11. The van der Waals surface area contributed by atoms with Crippen molar-refractivity contribution in [3.63, 3.8) is 0 Å². The summed E-state index contributed by atoms with van der Waals surface area (Å²) in [6.45, 7) is 0. The Morgan fingerprint density at radius 2 is 1.68 bits per heavy atom. The van der Waals surface area contributed by atoms with Crippen LogP contribution in [0.4, 0.5) is 5.69 Å². The van der Waals surface area contributed by atoms with Crippen molar-refractivity contribution >= 4 is 33.4 Å². The van der Waals surface area contributed by atoms with Gasteiger partial charge in [-0.25, -0.2) is 0 Å². The number of fused-ring (bicyclic) bond motifs is 2. The SMILES string of the molecule is Cn1ccc2c(NC(=O)c3cc(=O)n(C)c4ccccc34)cccc21. The van der Waals surface area contributed by atoms with E-state index in [1.54, 1.807) is 11.6 Å². The molecule has 5 nitrogen and oxygen atoms in total. The predicted molar refractivity (Wildman–Crippen MR) is 100 cm³/mol. The van der Waals surface area contributed by atoms with Gasteiger partial charge >= 0.3 is 0 Å². The summed E-state index contributed by atoms with van der Waals surface area (Å²) in [6, 6.07) is 16.5. The number of nitrogens with one attached hydrogen (secondary N) is 1. The average molecular weight is 331 g/mol. The van der Waals surface area contributed by atoms with Crippen molar-refractivity contribution in [2.24, 2.45) is 14.1 Å². The molecule has 0 atom stereocenters. The molecule has 0 spiro atoms. The molecule has 0 aliphatic heterocycles. The van der Waals surface area contributed by atoms with Gasteiger partial charge in [-0.1, -0.05) is 24.3 Å². The van der Waals surface area contributed by atoms with Crippen molar-refractivity contribution in [3.8, 4) is 0 Å². The molecule has 0 saturated heterocycles. The second-order valence-corrected chi connectivity index (χ2v) is 6.09. The fourth-order valence-corrected chi connectivity index (χ4v) is 3.20. The Morgan fingerprint density at radius 1 is 0.920 bits per heavy atom. The summed E-state index contributed by atoms with van der Waals surface area (Å²) < 4.78 is 3.54. The molecule has 0 aliphatic rings. The number of amides is 1. The van der Waals surface area contributed by atoms with Gasteiger partial charge in [0.1, 0.15) is 0 Å². The number of para-hydroxylation sites is 1. The Hall–Kier alpha value is -3.34. The maximum atomic E-state index is 12.9. The fourth-order valence-electron chi connectivity index (χ4n) is 3.20. The Balaban J connectivity index is 1.83. The van der Waals surface area contributed by atoms with Gasteiger partial charge in [0.25, 0.3) is 11.5 Å². The second kappa shape index (κ2) is 5.63. The molecule has 2 aromatic heterocycles. The van der Waals surface area contributed by atoms with Crippen molar-refractivity contribution < 1.29 is 4.79 Å². The van der Waals surface area contributed by atoms with Crippen molar-refractivity contribution in [3.05, 3.63) is 76.7 Å². The minimum Gasteiger partial charge on any atom is -0.350 e. The first kappa shape index (κ1) is 15.2. The van der Waals surface area contributed by atoms with Crippen LogP contribution in [0, 0.1) is 0 Å². The molecule has 0 unspecified atom stereocenters. The van der Waals surface area contributed by atoms with Crippen LogP contribution in [-0.2, 0) is 14.1 Å². The number of aromatic nitrogens is 2. The van der Waals surface area contributed by atoms with Crippen LogP contribution in [0.1, 0.15) is 10.4 Å². The molecular weight excluding hydrogens is 314 g/mol. The van der Waals surface area contributed by atoms with Gasteiger partial charge in [-0.15, -0.1) is 0 Å². The second-order valence-electron chi connectivity index (χ2n) is 6.09. The third kappa shape index (κ3) is 2.41. The molecule has 4 rings (SSSR count). The van der Waals surface area contributed by atoms with Gasteiger partial charge in [-0.3, -0.25) is 9.59 Å². The highest BCUT2D eigenvalue weighted by Crippen LogP contribution is 2.25. The number of rotatable bonds is 2. The van der Waals surface area contributed by atoms with Crippen molar-refractivity contribution in [2.45, 2.75) is 0 Å². The third-order valence-corrected chi connectivity index (χ3v) is 4.57. The summed E-state index contributed by atoms with van der Waals surface area (Å²) >= 11 is 0. The van der Waals surface area contributed by atoms with Gasteiger partial charge in [0.05, 0.1) is 16.8 Å². The highest BCUT2D eigenvalue weighted by atomic mass is 16.2. The van der Waals surface area contributed by atoms with E-state index in [1.807, 2.05) is 66.3 Å². The molecule has 0 saturated carbocycles. The molecule has 2 heterocycles. The first-order valence-electron chi connectivity index (χ1n) is 8.00. The predicted octanol–water partition coefficient (Wildman–Crippen LogP) is 3.28. The number of anilines is 1. The van der Waals surface area contributed by atoms with E-state index in [1.165, 1.54) is 6.07 Å². The van der Waals surface area contributed by atoms with Crippen LogP contribution in [0.25, 0.3) is 21.8 Å². The number of pyridine rings is 1. The lowest BCUT2D eigenvalue weighted by Crippen LogP contribution is -2.21. The Labute approximate surface area is 144 Å². The topological polar surface area (TPSA) is 56.0 Å². The van der Waals surface area contributed by atoms with E-state index in [4.69, 9.17) is 0 Å². The van der Waals surface area contributed by atoms with Gasteiger partial charge in [-0.05, 0) is 24.3 Å². The van der Waals surface area contributed by atoms with E-state index in [2.05, 4.69) is 5.32 Å². The number of aryl methyl sites for hydroxylation is 2. The number of carbonyl (C=O) groups excluding carboxylic acids is 1. The Kier molecular flexibility index (Phi) is 3.42. The Morgan fingerprint density at radius 3 is 2.52 bits per heavy atom. The van der Waals surface area contributed by atoms with Gasteiger partial charge in [0, 0.05) is 42.6 Å². The van der Waals surface area contributed by atoms with Crippen molar-refractivity contribution in [1.29, 1.82) is 0 Å². The van der Waals surface area contributed by atoms with Gasteiger partial charge in [0.2, 0.25) is 0 Å². The molecule has 0 fully saturated rings. The van der Waals surface area contributed by atoms with Crippen LogP contribution in [-0.4, -0.2) is 15.0 Å². The van der Waals surface area contributed by atoms with E-state index < -0.39 is 0 Å². The van der Waals surface area contributed by atoms with E-state index in [9.17, 15) is 9.59 Å². The molecule has 0 bridgehead atoms. The molecule has 25 heavy (non-hydrogen) atoms. The summed E-state index contributed by atoms with van der Waals surface area (Å²) in [5.74, 6) is -0.287. The summed E-state index contributed by atoms with van der Waals surface area (Å²) in [5.41, 5.74) is 2.67. The molecule has 124 valence electrons. The van der Waals surface area contributed by atoms with Crippen molar-refractivity contribution in [1.82, 2.24) is 9.13 Å². The fraction of sp³-hybridized carbons (Fsp3) is 0.100. The van der Waals surface area contributed by atoms with Gasteiger partial charge < -0.3 is 14.5 Å². The average Bonchev–Trinajstić information content (AvgIpc) is 3.00. The number of carbonyl (C=O) groups is 1. The van der Waals surface area contributed by atoms with Crippen molar-refractivity contribution in [2.75, 3.05) is 5.32 Å². The highest BCUT2D eigenvalue weighted by molar-refractivity contribution is 6.14. The minimum atomic E-state index is -0.287. The molecule has 1 N–H and O–H groups in total. The van der Waals surface area contributed by atoms with Crippen LogP contribution in [0.15, 0.2) is 65.6 Å². The molecule has 2 aromatic carbocycles. The molecule has 1 amide bonds. The van der Waals surface area contributed by atoms with E-state index in [-0.39, 0.29) is 11.5 Å². The summed E-state index contributed by atoms with van der Waals surface area (Å²) in [6.07, 6.45) is 1.95. The molecule has 4 aromatic rings. The first-order valence-corrected chi connectivity index (χ1v) is 8.00. The van der Waals surface area contributed by atoms with Crippen LogP contribution in [0.5, 0.6) is 0 Å². The number of hydrogen-bond donors (Lipinski definition) is 1. The van der Waals surface area contributed by atoms with E-state index in [0.717, 1.165) is 27.5 Å². The van der Waals surface area contributed by atoms with Crippen LogP contribution >= 0.6 is 0 Å². The standard InChI is InChI=1S/C20H17N3O2/c1-22-11-10-14-16(7-5-9-17(14)22)21-20(25)15-12-19(24)23(2)18-8-4-3-6-13(15)18/h3-12H,1-2H3,(H,21,25). The normalized spacial score (nSPS) is 11.1. The number of hydrogen-bond acceptors (Lipinski definition) is 2. The maximum Gasteiger partial charge on any atom is 0.256 e. The zero-order valence-electron chi connectivity index (χ0n) is 14.0. The summed E-state index contributed by atoms with van der Waals surface area (Å²) in [7, 11) is 3.67. The first-order chi connectivity index (χ1) is 12.1. The zero-order valence-corrected chi connectivity index (χ0v) is 14.0. The monoisotopic (exact) mass is 331 g/mol. The molecular formula is C20H17N3O2. The van der Waals surface area contributed by atoms with E-state index >= 15 is 0 Å². The van der Waals surface area contributed by atoms with Gasteiger partial charge in [-0.2, -0.15) is 0 Å². The summed E-state index contributed by atoms with van der Waals surface area (Å²) in [5, 5.41) is 4.67. The van der Waals surface area contributed by atoms with Gasteiger partial charge in [0.15, 0.2) is 0 Å². The summed E-state index contributed by atoms with van der Waals surface area (Å²) in [4.78, 5) is 25.1. The zero-order chi connectivity index (χ0) is 17.6. The lowest BCUT2D eigenvalue weighted by molar-refractivity contribution is 0.102. The molecule has 5 heteroatoms. The maximum absolute atomic E-state index is 12.9. The Bertz CT molecular complexity index is 1180. The lowest BCUT2D eigenvalue weighted by atomic mass is 10.1. The van der Waals surface area contributed by atoms with E-state index in [0.29, 0.717) is 5.56 Å². The largest absolute Gasteiger partial charge is 0.350 e. The van der Waals surface area contributed by atoms with Crippen LogP contribution < -0.4 is 10.9 Å². The third-order valence-electron chi connectivity index (χ3n) is 4.57. The smallest absolute Gasteiger partial charge is 0.256 e. The minimum absolute atomic E-state index is 0.207. The van der Waals surface area contributed by atoms with Crippen LogP contribution in [0.2, 0.25) is 0 Å². The number of nitrogens with zero attached hydrogens (tertiary/aromatic N) is 2. The highest BCUT2D eigenvalue weighted by Gasteiger charge is 2.15.